The van der Waals surface area contributed by atoms with Crippen LogP contribution in [0.5, 0.6) is 5.75 Å². The summed E-state index contributed by atoms with van der Waals surface area (Å²) in [6, 6.07) is 5.32. The molecule has 2 amide bonds. The minimum Gasteiger partial charge on any atom is -0.495 e. The first kappa shape index (κ1) is 13.3. The molecule has 17 heavy (non-hydrogen) atoms. The smallest absolute Gasteiger partial charge is 0.321 e. The van der Waals surface area contributed by atoms with Gasteiger partial charge in [0, 0.05) is 20.1 Å². The van der Waals surface area contributed by atoms with E-state index in [0.717, 1.165) is 5.56 Å². The van der Waals surface area contributed by atoms with Gasteiger partial charge < -0.3 is 20.7 Å². The molecule has 3 N–H and O–H groups in total. The second-order valence-electron chi connectivity index (χ2n) is 3.68. The number of nitrogens with zero attached hydrogens (tertiary/aromatic N) is 1. The van der Waals surface area contributed by atoms with Crippen LogP contribution in [0.25, 0.3) is 0 Å². The van der Waals surface area contributed by atoms with Crippen LogP contribution in [0.4, 0.5) is 10.5 Å². The molecule has 0 fully saturated rings. The SMILES string of the molecule is CCN(C)C(=O)Nc1ccc(CN)cc1OC. The lowest BCUT2D eigenvalue weighted by Crippen LogP contribution is -2.31. The van der Waals surface area contributed by atoms with Crippen LogP contribution in [0, 0.1) is 0 Å². The van der Waals surface area contributed by atoms with Crippen LogP contribution < -0.4 is 15.8 Å². The fourth-order valence-electron chi connectivity index (χ4n) is 1.32. The average molecular weight is 237 g/mol. The van der Waals surface area contributed by atoms with Gasteiger partial charge in [-0.2, -0.15) is 0 Å². The van der Waals surface area contributed by atoms with Crippen molar-refractivity contribution in [1.29, 1.82) is 0 Å². The molecular formula is C12H19N3O2. The number of hydrogen-bond acceptors (Lipinski definition) is 3. The van der Waals surface area contributed by atoms with Gasteiger partial charge in [-0.1, -0.05) is 6.07 Å². The monoisotopic (exact) mass is 237 g/mol. The minimum absolute atomic E-state index is 0.161. The molecule has 0 aromatic heterocycles. The zero-order chi connectivity index (χ0) is 12.8. The lowest BCUT2D eigenvalue weighted by Gasteiger charge is -2.17. The van der Waals surface area contributed by atoms with E-state index in [2.05, 4.69) is 5.32 Å². The van der Waals surface area contributed by atoms with E-state index in [9.17, 15) is 4.79 Å². The molecule has 1 rings (SSSR count). The molecule has 94 valence electrons. The number of ether oxygens (including phenoxy) is 1. The molecular weight excluding hydrogens is 218 g/mol. The van der Waals surface area contributed by atoms with Crippen LogP contribution in [0.3, 0.4) is 0 Å². The van der Waals surface area contributed by atoms with Crippen molar-refractivity contribution >= 4 is 11.7 Å². The minimum atomic E-state index is -0.161. The van der Waals surface area contributed by atoms with Gasteiger partial charge in [-0.25, -0.2) is 4.79 Å². The molecule has 0 saturated heterocycles. The highest BCUT2D eigenvalue weighted by atomic mass is 16.5. The lowest BCUT2D eigenvalue weighted by molar-refractivity contribution is 0.224. The van der Waals surface area contributed by atoms with Crippen molar-refractivity contribution in [3.8, 4) is 5.75 Å². The van der Waals surface area contributed by atoms with E-state index in [-0.39, 0.29) is 6.03 Å². The average Bonchev–Trinajstić information content (AvgIpc) is 2.37. The van der Waals surface area contributed by atoms with Gasteiger partial charge in [0.2, 0.25) is 0 Å². The number of anilines is 1. The third-order valence-corrected chi connectivity index (χ3v) is 2.56. The Morgan fingerprint density at radius 3 is 2.76 bits per heavy atom. The van der Waals surface area contributed by atoms with Gasteiger partial charge in [0.25, 0.3) is 0 Å². The largest absolute Gasteiger partial charge is 0.495 e. The van der Waals surface area contributed by atoms with Gasteiger partial charge in [0.05, 0.1) is 12.8 Å². The number of urea groups is 1. The van der Waals surface area contributed by atoms with Crippen molar-refractivity contribution in [3.63, 3.8) is 0 Å². The first-order valence-electron chi connectivity index (χ1n) is 5.51. The van der Waals surface area contributed by atoms with Crippen molar-refractivity contribution in [2.75, 3.05) is 26.0 Å². The molecule has 0 heterocycles. The number of carbonyl (C=O) groups excluding carboxylic acids is 1. The van der Waals surface area contributed by atoms with Gasteiger partial charge in [0.15, 0.2) is 0 Å². The topological polar surface area (TPSA) is 67.6 Å². The molecule has 1 aromatic carbocycles. The Bertz CT molecular complexity index is 393. The summed E-state index contributed by atoms with van der Waals surface area (Å²) in [5, 5.41) is 2.78. The quantitative estimate of drug-likeness (QED) is 0.836. The van der Waals surface area contributed by atoms with Crippen molar-refractivity contribution < 1.29 is 9.53 Å². The maximum Gasteiger partial charge on any atom is 0.321 e. The molecule has 0 unspecified atom stereocenters. The number of amides is 2. The molecule has 0 aliphatic carbocycles. The van der Waals surface area contributed by atoms with Crippen molar-refractivity contribution in [3.05, 3.63) is 23.8 Å². The Morgan fingerprint density at radius 1 is 1.53 bits per heavy atom. The standard InChI is InChI=1S/C12H19N3O2/c1-4-15(2)12(16)14-10-6-5-9(8-13)7-11(10)17-3/h5-7H,4,8,13H2,1-3H3,(H,14,16). The predicted molar refractivity (Wildman–Crippen MR) is 68.2 cm³/mol. The second-order valence-corrected chi connectivity index (χ2v) is 3.68. The summed E-state index contributed by atoms with van der Waals surface area (Å²) in [6.07, 6.45) is 0. The summed E-state index contributed by atoms with van der Waals surface area (Å²) in [5.74, 6) is 0.616. The number of benzene rings is 1. The van der Waals surface area contributed by atoms with Gasteiger partial charge in [0.1, 0.15) is 5.75 Å². The van der Waals surface area contributed by atoms with Gasteiger partial charge in [-0.3, -0.25) is 0 Å². The number of rotatable bonds is 4. The zero-order valence-corrected chi connectivity index (χ0v) is 10.5. The molecule has 5 heteroatoms. The van der Waals surface area contributed by atoms with Crippen molar-refractivity contribution in [1.82, 2.24) is 4.90 Å². The van der Waals surface area contributed by atoms with E-state index in [0.29, 0.717) is 24.5 Å². The second kappa shape index (κ2) is 6.10. The molecule has 0 aliphatic rings. The predicted octanol–water partition coefficient (Wildman–Crippen LogP) is 1.64. The maximum atomic E-state index is 11.7. The number of nitrogens with two attached hydrogens (primary N) is 1. The van der Waals surface area contributed by atoms with Crippen molar-refractivity contribution in [2.24, 2.45) is 5.73 Å². The van der Waals surface area contributed by atoms with Gasteiger partial charge in [-0.15, -0.1) is 0 Å². The highest BCUT2D eigenvalue weighted by Gasteiger charge is 2.10. The number of nitrogens with one attached hydrogen (secondary N) is 1. The number of hydrogen-bond donors (Lipinski definition) is 2. The first-order valence-corrected chi connectivity index (χ1v) is 5.51. The molecule has 0 aliphatic heterocycles. The molecule has 0 radical (unpaired) electrons. The van der Waals surface area contributed by atoms with Crippen LogP contribution in [0.1, 0.15) is 12.5 Å². The zero-order valence-electron chi connectivity index (χ0n) is 10.5. The van der Waals surface area contributed by atoms with Crippen LogP contribution in [-0.2, 0) is 6.54 Å². The Balaban J connectivity index is 2.87. The molecule has 1 aromatic rings. The Hall–Kier alpha value is -1.75. The number of carbonyl (C=O) groups is 1. The summed E-state index contributed by atoms with van der Waals surface area (Å²) < 4.78 is 5.21. The first-order chi connectivity index (χ1) is 8.12. The maximum absolute atomic E-state index is 11.7. The van der Waals surface area contributed by atoms with E-state index in [1.165, 1.54) is 0 Å². The Labute approximate surface area is 102 Å². The van der Waals surface area contributed by atoms with Crippen LogP contribution in [0.2, 0.25) is 0 Å². The molecule has 0 bridgehead atoms. The van der Waals surface area contributed by atoms with Crippen LogP contribution in [-0.4, -0.2) is 31.6 Å². The molecule has 5 nitrogen and oxygen atoms in total. The summed E-state index contributed by atoms with van der Waals surface area (Å²) in [5.41, 5.74) is 7.15. The fraction of sp³-hybridized carbons (Fsp3) is 0.417. The Kier molecular flexibility index (Phi) is 4.78. The van der Waals surface area contributed by atoms with Crippen LogP contribution in [0.15, 0.2) is 18.2 Å². The highest BCUT2D eigenvalue weighted by Crippen LogP contribution is 2.25. The highest BCUT2D eigenvalue weighted by molar-refractivity contribution is 5.90. The summed E-state index contributed by atoms with van der Waals surface area (Å²) in [4.78, 5) is 13.3. The third kappa shape index (κ3) is 3.35. The molecule has 0 atom stereocenters. The van der Waals surface area contributed by atoms with E-state index >= 15 is 0 Å². The Morgan fingerprint density at radius 2 is 2.24 bits per heavy atom. The van der Waals surface area contributed by atoms with Gasteiger partial charge >= 0.3 is 6.03 Å². The summed E-state index contributed by atoms with van der Waals surface area (Å²) in [7, 11) is 3.30. The van der Waals surface area contributed by atoms with E-state index in [1.807, 2.05) is 19.1 Å². The van der Waals surface area contributed by atoms with Crippen molar-refractivity contribution in [2.45, 2.75) is 13.5 Å². The van der Waals surface area contributed by atoms with Crippen LogP contribution >= 0.6 is 0 Å². The summed E-state index contributed by atoms with van der Waals surface area (Å²) in [6.45, 7) is 3.00. The number of methoxy groups -OCH3 is 1. The van der Waals surface area contributed by atoms with E-state index in [1.54, 1.807) is 25.1 Å². The molecule has 0 saturated carbocycles. The summed E-state index contributed by atoms with van der Waals surface area (Å²) >= 11 is 0. The van der Waals surface area contributed by atoms with E-state index < -0.39 is 0 Å². The molecule has 0 spiro atoms. The third-order valence-electron chi connectivity index (χ3n) is 2.56. The normalized spacial score (nSPS) is 9.88. The lowest BCUT2D eigenvalue weighted by atomic mass is 10.2. The van der Waals surface area contributed by atoms with E-state index in [4.69, 9.17) is 10.5 Å². The fourth-order valence-corrected chi connectivity index (χ4v) is 1.32. The van der Waals surface area contributed by atoms with Gasteiger partial charge in [-0.05, 0) is 24.6 Å².